The number of aryl methyl sites for hydroxylation is 2. The lowest BCUT2D eigenvalue weighted by molar-refractivity contribution is 0.237. The van der Waals surface area contributed by atoms with Crippen LogP contribution < -0.4 is 18.9 Å². The van der Waals surface area contributed by atoms with Gasteiger partial charge in [0.2, 0.25) is 0 Å². The van der Waals surface area contributed by atoms with Gasteiger partial charge in [0, 0.05) is 19.0 Å². The SMILES string of the molecule is COc1ccc2c(c1)CCC(c1ccccc1)=C2c1ccc(OCCN2CCCC2)cc1.COc1ccc2c(c1)CCC(c1ccccc1)C2c1ccc(OCCN2CCCC2)cc1. The molecule has 2 heterocycles. The summed E-state index contributed by atoms with van der Waals surface area (Å²) in [6.07, 6.45) is 9.56. The third-order valence-electron chi connectivity index (χ3n) is 13.8. The molecule has 6 aromatic rings. The van der Waals surface area contributed by atoms with E-state index in [2.05, 4.69) is 155 Å². The number of benzene rings is 6. The molecule has 2 fully saturated rings. The second-order valence-corrected chi connectivity index (χ2v) is 17.7. The van der Waals surface area contributed by atoms with E-state index < -0.39 is 0 Å². The van der Waals surface area contributed by atoms with Crippen molar-refractivity contribution in [3.8, 4) is 23.0 Å². The van der Waals surface area contributed by atoms with Gasteiger partial charge in [-0.3, -0.25) is 9.80 Å². The van der Waals surface area contributed by atoms with Crippen molar-refractivity contribution in [2.24, 2.45) is 0 Å². The molecule has 0 bridgehead atoms. The molecule has 2 unspecified atom stereocenters. The van der Waals surface area contributed by atoms with Crippen molar-refractivity contribution >= 4 is 11.1 Å². The summed E-state index contributed by atoms with van der Waals surface area (Å²) in [5.74, 6) is 4.59. The molecule has 0 saturated carbocycles. The minimum atomic E-state index is 0.339. The maximum Gasteiger partial charge on any atom is 0.119 e. The highest BCUT2D eigenvalue weighted by Gasteiger charge is 2.32. The first-order chi connectivity index (χ1) is 31.6. The number of nitrogens with zero attached hydrogens (tertiary/aromatic N) is 2. The van der Waals surface area contributed by atoms with Crippen molar-refractivity contribution in [3.05, 3.63) is 190 Å². The Labute approximate surface area is 381 Å². The zero-order valence-corrected chi connectivity index (χ0v) is 37.9. The standard InChI is InChI=1S/C29H33NO2.C29H31NO2/c2*1-31-26-14-16-28-24(21-26)11-15-27(22-7-3-2-4-8-22)29(28)23-9-12-25(13-10-23)32-20-19-30-17-5-6-18-30/h2-4,7-10,12-14,16,21,27,29H,5-6,11,15,17-20H2,1H3;2-4,7-10,12-14,16,21H,5-6,11,15,17-20H2,1H3. The minimum absolute atomic E-state index is 0.339. The van der Waals surface area contributed by atoms with Gasteiger partial charge in [-0.2, -0.15) is 0 Å². The number of hydrogen-bond donors (Lipinski definition) is 0. The van der Waals surface area contributed by atoms with Crippen LogP contribution in [0.1, 0.15) is 94.9 Å². The first-order valence-corrected chi connectivity index (χ1v) is 23.7. The van der Waals surface area contributed by atoms with E-state index in [0.29, 0.717) is 11.8 Å². The van der Waals surface area contributed by atoms with Crippen molar-refractivity contribution in [1.82, 2.24) is 9.80 Å². The lowest BCUT2D eigenvalue weighted by atomic mass is 9.69. The van der Waals surface area contributed by atoms with Crippen LogP contribution in [-0.2, 0) is 12.8 Å². The maximum absolute atomic E-state index is 6.06. The van der Waals surface area contributed by atoms with E-state index in [9.17, 15) is 0 Å². The summed E-state index contributed by atoms with van der Waals surface area (Å²) >= 11 is 0. The lowest BCUT2D eigenvalue weighted by Crippen LogP contribution is -2.25. The molecule has 0 spiro atoms. The van der Waals surface area contributed by atoms with Gasteiger partial charge in [0.25, 0.3) is 0 Å². The van der Waals surface area contributed by atoms with Crippen LogP contribution in [0, 0.1) is 0 Å². The average Bonchev–Trinajstić information content (AvgIpc) is 4.10. The van der Waals surface area contributed by atoms with Crippen LogP contribution in [-0.4, -0.2) is 76.5 Å². The van der Waals surface area contributed by atoms with Gasteiger partial charge in [0.1, 0.15) is 36.2 Å². The van der Waals surface area contributed by atoms with Gasteiger partial charge >= 0.3 is 0 Å². The predicted octanol–water partition coefficient (Wildman–Crippen LogP) is 12.1. The van der Waals surface area contributed by atoms with Crippen LogP contribution in [0.4, 0.5) is 0 Å². The zero-order valence-electron chi connectivity index (χ0n) is 37.9. The quantitative estimate of drug-likeness (QED) is 0.109. The summed E-state index contributed by atoms with van der Waals surface area (Å²) < 4.78 is 23.1. The normalized spacial score (nSPS) is 18.4. The Bertz CT molecular complexity index is 2440. The van der Waals surface area contributed by atoms with Gasteiger partial charge in [-0.25, -0.2) is 0 Å². The lowest BCUT2D eigenvalue weighted by Gasteiger charge is -2.35. The molecule has 6 nitrogen and oxygen atoms in total. The monoisotopic (exact) mass is 852 g/mol. The molecule has 0 aromatic heterocycles. The smallest absolute Gasteiger partial charge is 0.119 e. The van der Waals surface area contributed by atoms with Crippen LogP contribution in [0.15, 0.2) is 146 Å². The first kappa shape index (κ1) is 43.4. The van der Waals surface area contributed by atoms with E-state index in [-0.39, 0.29) is 0 Å². The van der Waals surface area contributed by atoms with Gasteiger partial charge in [0.05, 0.1) is 14.2 Å². The molecule has 10 rings (SSSR count). The maximum atomic E-state index is 6.06. The Kier molecular flexibility index (Phi) is 14.4. The fraction of sp³-hybridized carbons (Fsp3) is 0.345. The predicted molar refractivity (Wildman–Crippen MR) is 261 cm³/mol. The van der Waals surface area contributed by atoms with E-state index in [0.717, 1.165) is 75.0 Å². The molecular formula is C58H64N2O4. The van der Waals surface area contributed by atoms with Gasteiger partial charge < -0.3 is 18.9 Å². The fourth-order valence-electron chi connectivity index (χ4n) is 10.4. The van der Waals surface area contributed by atoms with E-state index in [1.165, 1.54) is 108 Å². The Morgan fingerprint density at radius 3 is 1.64 bits per heavy atom. The van der Waals surface area contributed by atoms with E-state index in [4.69, 9.17) is 18.9 Å². The molecule has 0 N–H and O–H groups in total. The summed E-state index contributed by atoms with van der Waals surface area (Å²) in [7, 11) is 3.48. The van der Waals surface area contributed by atoms with E-state index >= 15 is 0 Å². The fourth-order valence-corrected chi connectivity index (χ4v) is 10.4. The second kappa shape index (κ2) is 21.2. The minimum Gasteiger partial charge on any atom is -0.497 e. The molecule has 0 radical (unpaired) electrons. The first-order valence-electron chi connectivity index (χ1n) is 23.7. The van der Waals surface area contributed by atoms with Crippen molar-refractivity contribution in [1.29, 1.82) is 0 Å². The molecule has 2 saturated heterocycles. The average molecular weight is 853 g/mol. The highest BCUT2D eigenvalue weighted by atomic mass is 16.5. The Morgan fingerprint density at radius 1 is 0.484 bits per heavy atom. The van der Waals surface area contributed by atoms with Crippen molar-refractivity contribution in [2.75, 3.05) is 66.7 Å². The summed E-state index contributed by atoms with van der Waals surface area (Å²) in [5.41, 5.74) is 13.5. The second-order valence-electron chi connectivity index (χ2n) is 17.7. The third-order valence-corrected chi connectivity index (χ3v) is 13.8. The number of likely N-dealkylation sites (tertiary alicyclic amines) is 2. The Morgan fingerprint density at radius 2 is 1.03 bits per heavy atom. The molecule has 2 atom stereocenters. The number of rotatable bonds is 14. The highest BCUT2D eigenvalue weighted by molar-refractivity contribution is 6.00. The Balaban J connectivity index is 0.000000162. The Hall–Kier alpha value is -5.82. The van der Waals surface area contributed by atoms with Crippen LogP contribution in [0.5, 0.6) is 23.0 Å². The molecule has 6 aromatic carbocycles. The summed E-state index contributed by atoms with van der Waals surface area (Å²) in [4.78, 5) is 4.98. The van der Waals surface area contributed by atoms with Gasteiger partial charge in [-0.15, -0.1) is 0 Å². The van der Waals surface area contributed by atoms with Crippen LogP contribution in [0.3, 0.4) is 0 Å². The molecule has 2 aliphatic carbocycles. The van der Waals surface area contributed by atoms with Crippen molar-refractivity contribution < 1.29 is 18.9 Å². The van der Waals surface area contributed by atoms with Crippen LogP contribution in [0.25, 0.3) is 11.1 Å². The van der Waals surface area contributed by atoms with E-state index in [1.54, 1.807) is 14.2 Å². The van der Waals surface area contributed by atoms with Crippen LogP contribution >= 0.6 is 0 Å². The molecular weight excluding hydrogens is 789 g/mol. The zero-order chi connectivity index (χ0) is 43.5. The molecule has 6 heteroatoms. The molecule has 2 aliphatic heterocycles. The molecule has 4 aliphatic rings. The number of fused-ring (bicyclic) bond motifs is 2. The van der Waals surface area contributed by atoms with Gasteiger partial charge in [0.15, 0.2) is 0 Å². The number of allylic oxidation sites excluding steroid dienone is 1. The summed E-state index contributed by atoms with van der Waals surface area (Å²) in [6, 6.07) is 52.3. The number of ether oxygens (including phenoxy) is 4. The molecule has 330 valence electrons. The largest absolute Gasteiger partial charge is 0.497 e. The topological polar surface area (TPSA) is 43.4 Å². The number of methoxy groups -OCH3 is 2. The highest BCUT2D eigenvalue weighted by Crippen LogP contribution is 2.47. The van der Waals surface area contributed by atoms with Crippen molar-refractivity contribution in [2.45, 2.75) is 63.2 Å². The number of hydrogen-bond acceptors (Lipinski definition) is 6. The summed E-state index contributed by atoms with van der Waals surface area (Å²) in [5, 5.41) is 0. The molecule has 64 heavy (non-hydrogen) atoms. The third kappa shape index (κ3) is 10.4. The van der Waals surface area contributed by atoms with Gasteiger partial charge in [-0.05, 0) is 188 Å². The van der Waals surface area contributed by atoms with E-state index in [1.807, 2.05) is 0 Å². The van der Waals surface area contributed by atoms with Crippen LogP contribution in [0.2, 0.25) is 0 Å². The van der Waals surface area contributed by atoms with Gasteiger partial charge in [-0.1, -0.05) is 97.1 Å². The van der Waals surface area contributed by atoms with Crippen molar-refractivity contribution in [3.63, 3.8) is 0 Å². The molecule has 0 amide bonds. The summed E-state index contributed by atoms with van der Waals surface area (Å²) in [6.45, 7) is 8.41.